The van der Waals surface area contributed by atoms with Crippen molar-refractivity contribution in [2.45, 2.75) is 20.0 Å². The molecule has 6 nitrogen and oxygen atoms in total. The summed E-state index contributed by atoms with van der Waals surface area (Å²) in [7, 11) is 0. The van der Waals surface area contributed by atoms with Crippen molar-refractivity contribution in [3.05, 3.63) is 82.7 Å². The molecule has 2 N–H and O–H groups in total. The molecule has 31 heavy (non-hydrogen) atoms. The summed E-state index contributed by atoms with van der Waals surface area (Å²) >= 11 is 0. The van der Waals surface area contributed by atoms with Crippen LogP contribution in [-0.4, -0.2) is 34.7 Å². The fraction of sp³-hybridized carbons (Fsp3) is 0.227. The van der Waals surface area contributed by atoms with E-state index >= 15 is 0 Å². The van der Waals surface area contributed by atoms with Crippen molar-refractivity contribution >= 4 is 11.8 Å². The first kappa shape index (κ1) is 22.1. The normalized spacial score (nSPS) is 11.3. The van der Waals surface area contributed by atoms with Gasteiger partial charge in [0.15, 0.2) is 0 Å². The molecule has 0 bridgehead atoms. The summed E-state index contributed by atoms with van der Waals surface area (Å²) in [6, 6.07) is 13.4. The molecule has 3 rings (SSSR count). The molecule has 0 fully saturated rings. The molecule has 0 spiro atoms. The molecule has 0 aliphatic carbocycles. The third-order valence-electron chi connectivity index (χ3n) is 4.69. The van der Waals surface area contributed by atoms with E-state index < -0.39 is 17.6 Å². The third kappa shape index (κ3) is 5.11. The zero-order valence-electron chi connectivity index (χ0n) is 17.0. The average molecular weight is 430 g/mol. The predicted molar refractivity (Wildman–Crippen MR) is 109 cm³/mol. The van der Waals surface area contributed by atoms with Crippen LogP contribution >= 0.6 is 0 Å². The van der Waals surface area contributed by atoms with Crippen LogP contribution in [0.1, 0.15) is 37.7 Å². The number of carbonyl (C=O) groups excluding carboxylic acids is 2. The first-order chi connectivity index (χ1) is 14.7. The Kier molecular flexibility index (Phi) is 6.43. The molecule has 1 heterocycles. The number of hydrogen-bond donors (Lipinski definition) is 2. The van der Waals surface area contributed by atoms with Crippen LogP contribution in [0.25, 0.3) is 5.69 Å². The van der Waals surface area contributed by atoms with Gasteiger partial charge >= 0.3 is 6.18 Å². The molecule has 0 saturated heterocycles. The van der Waals surface area contributed by atoms with Crippen molar-refractivity contribution in [1.82, 2.24) is 20.4 Å². The van der Waals surface area contributed by atoms with Crippen LogP contribution in [-0.2, 0) is 6.18 Å². The smallest absolute Gasteiger partial charge is 0.350 e. The molecule has 0 aliphatic rings. The van der Waals surface area contributed by atoms with Gasteiger partial charge in [-0.05, 0) is 50.2 Å². The van der Waals surface area contributed by atoms with E-state index in [1.807, 2.05) is 30.3 Å². The number of nitrogens with zero attached hydrogens (tertiary/aromatic N) is 2. The zero-order valence-corrected chi connectivity index (χ0v) is 17.0. The Labute approximate surface area is 177 Å². The molecule has 0 atom stereocenters. The number of halogens is 3. The number of para-hydroxylation sites is 1. The number of benzene rings is 2. The maximum Gasteiger partial charge on any atom is 0.416 e. The molecule has 2 amide bonds. The zero-order chi connectivity index (χ0) is 22.6. The predicted octanol–water partition coefficient (Wildman–Crippen LogP) is 3.67. The Morgan fingerprint density at radius 2 is 1.48 bits per heavy atom. The van der Waals surface area contributed by atoms with Gasteiger partial charge in [0.1, 0.15) is 0 Å². The maximum atomic E-state index is 12.6. The van der Waals surface area contributed by atoms with Crippen LogP contribution in [0.2, 0.25) is 0 Å². The minimum Gasteiger partial charge on any atom is -0.350 e. The van der Waals surface area contributed by atoms with Crippen LogP contribution < -0.4 is 10.6 Å². The lowest BCUT2D eigenvalue weighted by Crippen LogP contribution is -2.35. The molecule has 3 aromatic rings. The van der Waals surface area contributed by atoms with Crippen molar-refractivity contribution in [3.8, 4) is 5.69 Å². The highest BCUT2D eigenvalue weighted by atomic mass is 19.4. The monoisotopic (exact) mass is 430 g/mol. The summed E-state index contributed by atoms with van der Waals surface area (Å²) < 4.78 is 39.5. The molecule has 1 aromatic heterocycles. The topological polar surface area (TPSA) is 76.0 Å². The van der Waals surface area contributed by atoms with Gasteiger partial charge in [-0.3, -0.25) is 9.59 Å². The summed E-state index contributed by atoms with van der Waals surface area (Å²) in [5, 5.41) is 9.72. The summed E-state index contributed by atoms with van der Waals surface area (Å²) in [6.07, 6.45) is -4.45. The van der Waals surface area contributed by atoms with Crippen LogP contribution in [0.3, 0.4) is 0 Å². The number of aromatic nitrogens is 2. The highest BCUT2D eigenvalue weighted by molar-refractivity contribution is 5.97. The Morgan fingerprint density at radius 1 is 0.903 bits per heavy atom. The Morgan fingerprint density at radius 3 is 2.06 bits per heavy atom. The first-order valence-electron chi connectivity index (χ1n) is 9.54. The Bertz CT molecular complexity index is 1070. The quantitative estimate of drug-likeness (QED) is 0.586. The van der Waals surface area contributed by atoms with E-state index in [1.165, 1.54) is 0 Å². The van der Waals surface area contributed by atoms with Crippen molar-refractivity contribution < 1.29 is 22.8 Å². The van der Waals surface area contributed by atoms with Crippen molar-refractivity contribution in [3.63, 3.8) is 0 Å². The SMILES string of the molecule is Cc1nn(-c2ccccc2)c(C)c1C(=O)NCCNC(=O)c1ccc(C(F)(F)F)cc1. The second-order valence-corrected chi connectivity index (χ2v) is 6.88. The standard InChI is InChI=1S/C22H21F3N4O2/c1-14-19(15(2)29(28-14)18-6-4-3-5-7-18)21(31)27-13-12-26-20(30)16-8-10-17(11-9-16)22(23,24)25/h3-11H,12-13H2,1-2H3,(H,26,30)(H,27,31). The van der Waals surface area contributed by atoms with Gasteiger partial charge < -0.3 is 10.6 Å². The van der Waals surface area contributed by atoms with E-state index in [4.69, 9.17) is 0 Å². The van der Waals surface area contributed by atoms with Crippen molar-refractivity contribution in [2.24, 2.45) is 0 Å². The summed E-state index contributed by atoms with van der Waals surface area (Å²) in [5.41, 5.74) is 1.85. The summed E-state index contributed by atoms with van der Waals surface area (Å²) in [4.78, 5) is 24.7. The van der Waals surface area contributed by atoms with Crippen LogP contribution in [0, 0.1) is 13.8 Å². The fourth-order valence-corrected chi connectivity index (χ4v) is 3.14. The highest BCUT2D eigenvalue weighted by Gasteiger charge is 2.30. The van der Waals surface area contributed by atoms with E-state index in [9.17, 15) is 22.8 Å². The number of nitrogens with one attached hydrogen (secondary N) is 2. The molecule has 0 radical (unpaired) electrons. The van der Waals surface area contributed by atoms with Gasteiger partial charge in [-0.15, -0.1) is 0 Å². The van der Waals surface area contributed by atoms with E-state index in [1.54, 1.807) is 18.5 Å². The first-order valence-corrected chi connectivity index (χ1v) is 9.54. The van der Waals surface area contributed by atoms with Gasteiger partial charge in [0.2, 0.25) is 0 Å². The number of hydrogen-bond acceptors (Lipinski definition) is 3. The van der Waals surface area contributed by atoms with Gasteiger partial charge in [0.25, 0.3) is 11.8 Å². The molecule has 0 saturated carbocycles. The maximum absolute atomic E-state index is 12.6. The van der Waals surface area contributed by atoms with Crippen LogP contribution in [0.4, 0.5) is 13.2 Å². The van der Waals surface area contributed by atoms with Gasteiger partial charge in [0, 0.05) is 18.7 Å². The molecule has 2 aromatic carbocycles. The van der Waals surface area contributed by atoms with E-state index in [2.05, 4.69) is 15.7 Å². The summed E-state index contributed by atoms with van der Waals surface area (Å²) in [6.45, 7) is 3.82. The lowest BCUT2D eigenvalue weighted by atomic mass is 10.1. The second kappa shape index (κ2) is 9.03. The van der Waals surface area contributed by atoms with Crippen molar-refractivity contribution in [1.29, 1.82) is 0 Å². The Balaban J connectivity index is 1.55. The molecular weight excluding hydrogens is 409 g/mol. The molecule has 162 valence electrons. The van der Waals surface area contributed by atoms with E-state index in [0.717, 1.165) is 30.0 Å². The lowest BCUT2D eigenvalue weighted by Gasteiger charge is -2.09. The average Bonchev–Trinajstić information content (AvgIpc) is 3.05. The van der Waals surface area contributed by atoms with Crippen LogP contribution in [0.5, 0.6) is 0 Å². The largest absolute Gasteiger partial charge is 0.416 e. The highest BCUT2D eigenvalue weighted by Crippen LogP contribution is 2.29. The number of aryl methyl sites for hydroxylation is 1. The minimum atomic E-state index is -4.45. The van der Waals surface area contributed by atoms with Gasteiger partial charge in [-0.25, -0.2) is 4.68 Å². The lowest BCUT2D eigenvalue weighted by molar-refractivity contribution is -0.137. The second-order valence-electron chi connectivity index (χ2n) is 6.88. The molecule has 0 aliphatic heterocycles. The molecule has 0 unspecified atom stereocenters. The number of carbonyl (C=O) groups is 2. The van der Waals surface area contributed by atoms with Gasteiger partial charge in [0.05, 0.1) is 28.2 Å². The molecular formula is C22H21F3N4O2. The minimum absolute atomic E-state index is 0.107. The van der Waals surface area contributed by atoms with Gasteiger partial charge in [-0.1, -0.05) is 18.2 Å². The van der Waals surface area contributed by atoms with Crippen molar-refractivity contribution in [2.75, 3.05) is 13.1 Å². The fourth-order valence-electron chi connectivity index (χ4n) is 3.14. The van der Waals surface area contributed by atoms with E-state index in [-0.39, 0.29) is 24.6 Å². The Hall–Kier alpha value is -3.62. The molecule has 9 heteroatoms. The van der Waals surface area contributed by atoms with Gasteiger partial charge in [-0.2, -0.15) is 18.3 Å². The number of amides is 2. The van der Waals surface area contributed by atoms with E-state index in [0.29, 0.717) is 17.0 Å². The number of alkyl halides is 3. The van der Waals surface area contributed by atoms with Crippen LogP contribution in [0.15, 0.2) is 54.6 Å². The summed E-state index contributed by atoms with van der Waals surface area (Å²) in [5.74, 6) is -0.840. The third-order valence-corrected chi connectivity index (χ3v) is 4.69. The number of rotatable bonds is 6.